The zero-order chi connectivity index (χ0) is 14.0. The maximum absolute atomic E-state index is 12.1. The van der Waals surface area contributed by atoms with Crippen LogP contribution in [0, 0.1) is 5.92 Å². The fourth-order valence-electron chi connectivity index (χ4n) is 2.35. The zero-order valence-corrected chi connectivity index (χ0v) is 11.5. The van der Waals surface area contributed by atoms with Crippen molar-refractivity contribution in [3.8, 4) is 0 Å². The van der Waals surface area contributed by atoms with E-state index in [4.69, 9.17) is 28.3 Å². The third-order valence-electron chi connectivity index (χ3n) is 3.33. The van der Waals surface area contributed by atoms with E-state index in [0.717, 1.165) is 6.42 Å². The molecule has 19 heavy (non-hydrogen) atoms. The molecule has 1 amide bonds. The fourth-order valence-corrected chi connectivity index (χ4v) is 2.84. The first-order valence-electron chi connectivity index (χ1n) is 5.98. The Morgan fingerprint density at radius 3 is 2.63 bits per heavy atom. The summed E-state index contributed by atoms with van der Waals surface area (Å²) in [6, 6.07) is 4.26. The summed E-state index contributed by atoms with van der Waals surface area (Å²) in [5.74, 6) is -1.75. The molecule has 1 aromatic rings. The number of carboxylic acids is 1. The predicted molar refractivity (Wildman–Crippen MR) is 72.7 cm³/mol. The van der Waals surface area contributed by atoms with E-state index in [1.54, 1.807) is 6.07 Å². The van der Waals surface area contributed by atoms with Crippen molar-refractivity contribution >= 4 is 35.1 Å². The van der Waals surface area contributed by atoms with Crippen LogP contribution in [0.15, 0.2) is 18.2 Å². The van der Waals surface area contributed by atoms with E-state index in [9.17, 15) is 9.59 Å². The number of carbonyl (C=O) groups excluding carboxylic acids is 1. The number of hydrogen-bond acceptors (Lipinski definition) is 2. The van der Waals surface area contributed by atoms with Gasteiger partial charge in [0.05, 0.1) is 16.5 Å². The van der Waals surface area contributed by atoms with Crippen molar-refractivity contribution in [1.29, 1.82) is 0 Å². The van der Waals surface area contributed by atoms with Gasteiger partial charge >= 0.3 is 5.97 Å². The molecule has 0 spiro atoms. The lowest BCUT2D eigenvalue weighted by Crippen LogP contribution is -2.40. The lowest BCUT2D eigenvalue weighted by Gasteiger charge is -2.18. The van der Waals surface area contributed by atoms with Crippen LogP contribution in [0.3, 0.4) is 0 Å². The average Bonchev–Trinajstić information content (AvgIpc) is 2.76. The largest absolute Gasteiger partial charge is 0.481 e. The highest BCUT2D eigenvalue weighted by Gasteiger charge is 2.34. The van der Waals surface area contributed by atoms with Gasteiger partial charge in [0, 0.05) is 11.1 Å². The van der Waals surface area contributed by atoms with Crippen molar-refractivity contribution < 1.29 is 14.7 Å². The number of benzene rings is 1. The van der Waals surface area contributed by atoms with Crippen molar-refractivity contribution in [2.45, 2.75) is 25.3 Å². The number of rotatable bonds is 3. The second-order valence-electron chi connectivity index (χ2n) is 4.58. The van der Waals surface area contributed by atoms with E-state index in [1.807, 2.05) is 0 Å². The molecule has 102 valence electrons. The van der Waals surface area contributed by atoms with Crippen molar-refractivity contribution in [2.75, 3.05) is 0 Å². The summed E-state index contributed by atoms with van der Waals surface area (Å²) in [5.41, 5.74) is 0.308. The molecule has 0 radical (unpaired) electrons. The molecule has 2 unspecified atom stereocenters. The molecule has 0 aliphatic heterocycles. The quantitative estimate of drug-likeness (QED) is 0.902. The van der Waals surface area contributed by atoms with Gasteiger partial charge in [-0.25, -0.2) is 0 Å². The number of carbonyl (C=O) groups is 2. The van der Waals surface area contributed by atoms with E-state index < -0.39 is 11.9 Å². The lowest BCUT2D eigenvalue weighted by atomic mass is 10.0. The number of aliphatic carboxylic acids is 1. The van der Waals surface area contributed by atoms with Crippen LogP contribution in [-0.4, -0.2) is 23.0 Å². The van der Waals surface area contributed by atoms with Gasteiger partial charge in [-0.05, 0) is 31.0 Å². The molecule has 1 aromatic carbocycles. The molecule has 4 nitrogen and oxygen atoms in total. The number of hydrogen-bond donors (Lipinski definition) is 2. The highest BCUT2D eigenvalue weighted by atomic mass is 35.5. The maximum atomic E-state index is 12.1. The van der Waals surface area contributed by atoms with Crippen LogP contribution in [0.5, 0.6) is 0 Å². The molecule has 0 bridgehead atoms. The molecule has 0 aromatic heterocycles. The second kappa shape index (κ2) is 5.80. The highest BCUT2D eigenvalue weighted by molar-refractivity contribution is 6.36. The molecular formula is C13H13Cl2NO3. The molecule has 2 rings (SSSR count). The molecule has 1 fully saturated rings. The number of nitrogens with one attached hydrogen (secondary N) is 1. The van der Waals surface area contributed by atoms with Gasteiger partial charge in [-0.15, -0.1) is 0 Å². The minimum absolute atomic E-state index is 0.259. The third-order valence-corrected chi connectivity index (χ3v) is 3.87. The first-order chi connectivity index (χ1) is 8.99. The summed E-state index contributed by atoms with van der Waals surface area (Å²) in [6.45, 7) is 0. The standard InChI is InChI=1S/C13H13Cl2NO3/c14-7-4-5-8(10(15)6-7)12(17)16-11-3-1-2-9(11)13(18)19/h4-6,9,11H,1-3H2,(H,16,17)(H,18,19). The molecule has 0 saturated heterocycles. The normalized spacial score (nSPS) is 22.2. The third kappa shape index (κ3) is 3.19. The first-order valence-corrected chi connectivity index (χ1v) is 6.73. The van der Waals surface area contributed by atoms with Crippen LogP contribution in [-0.2, 0) is 4.79 Å². The first kappa shape index (κ1) is 14.2. The predicted octanol–water partition coefficient (Wildman–Crippen LogP) is 2.98. The van der Waals surface area contributed by atoms with Crippen LogP contribution in [0.25, 0.3) is 0 Å². The Hall–Kier alpha value is -1.26. The Bertz CT molecular complexity index is 519. The summed E-state index contributed by atoms with van der Waals surface area (Å²) in [5, 5.41) is 12.5. The Morgan fingerprint density at radius 2 is 2.00 bits per heavy atom. The van der Waals surface area contributed by atoms with Crippen molar-refractivity contribution in [1.82, 2.24) is 5.32 Å². The van der Waals surface area contributed by atoms with Crippen LogP contribution in [0.2, 0.25) is 10.0 Å². The summed E-state index contributed by atoms with van der Waals surface area (Å²) >= 11 is 11.7. The van der Waals surface area contributed by atoms with E-state index in [2.05, 4.69) is 5.32 Å². The Labute approximate surface area is 120 Å². The van der Waals surface area contributed by atoms with Gasteiger partial charge in [0.15, 0.2) is 0 Å². The summed E-state index contributed by atoms with van der Waals surface area (Å²) in [4.78, 5) is 23.1. The van der Waals surface area contributed by atoms with E-state index >= 15 is 0 Å². The van der Waals surface area contributed by atoms with Gasteiger partial charge < -0.3 is 10.4 Å². The smallest absolute Gasteiger partial charge is 0.308 e. The van der Waals surface area contributed by atoms with E-state index in [-0.39, 0.29) is 17.0 Å². The van der Waals surface area contributed by atoms with Gasteiger partial charge in [-0.2, -0.15) is 0 Å². The summed E-state index contributed by atoms with van der Waals surface area (Å²) in [7, 11) is 0. The van der Waals surface area contributed by atoms with Crippen LogP contribution >= 0.6 is 23.2 Å². The van der Waals surface area contributed by atoms with Crippen LogP contribution in [0.4, 0.5) is 0 Å². The van der Waals surface area contributed by atoms with Crippen molar-refractivity contribution in [2.24, 2.45) is 5.92 Å². The molecule has 1 aliphatic rings. The summed E-state index contributed by atoms with van der Waals surface area (Å²) < 4.78 is 0. The monoisotopic (exact) mass is 301 g/mol. The number of carboxylic acid groups (broad SMARTS) is 1. The minimum atomic E-state index is -0.870. The van der Waals surface area contributed by atoms with Crippen molar-refractivity contribution in [3.63, 3.8) is 0 Å². The highest BCUT2D eigenvalue weighted by Crippen LogP contribution is 2.27. The Balaban J connectivity index is 2.10. The minimum Gasteiger partial charge on any atom is -0.481 e. The fraction of sp³-hybridized carbons (Fsp3) is 0.385. The zero-order valence-electron chi connectivity index (χ0n) is 10.0. The van der Waals surface area contributed by atoms with Crippen molar-refractivity contribution in [3.05, 3.63) is 33.8 Å². The van der Waals surface area contributed by atoms with Gasteiger partial charge in [0.25, 0.3) is 5.91 Å². The van der Waals surface area contributed by atoms with Gasteiger partial charge in [-0.3, -0.25) is 9.59 Å². The molecule has 2 N–H and O–H groups in total. The number of halogens is 2. The van der Waals surface area contributed by atoms with Crippen LogP contribution < -0.4 is 5.32 Å². The molecule has 6 heteroatoms. The van der Waals surface area contributed by atoms with E-state index in [0.29, 0.717) is 23.4 Å². The van der Waals surface area contributed by atoms with Gasteiger partial charge in [0.2, 0.25) is 0 Å². The van der Waals surface area contributed by atoms with Crippen LogP contribution in [0.1, 0.15) is 29.6 Å². The number of amides is 1. The van der Waals surface area contributed by atoms with E-state index in [1.165, 1.54) is 12.1 Å². The SMILES string of the molecule is O=C(NC1CCCC1C(=O)O)c1ccc(Cl)cc1Cl. The summed E-state index contributed by atoms with van der Waals surface area (Å²) in [6.07, 6.45) is 2.07. The molecule has 1 saturated carbocycles. The molecule has 0 heterocycles. The van der Waals surface area contributed by atoms with Gasteiger partial charge in [-0.1, -0.05) is 29.6 Å². The molecule has 2 atom stereocenters. The Kier molecular flexibility index (Phi) is 4.32. The Morgan fingerprint density at radius 1 is 1.26 bits per heavy atom. The maximum Gasteiger partial charge on any atom is 0.308 e. The average molecular weight is 302 g/mol. The molecular weight excluding hydrogens is 289 g/mol. The second-order valence-corrected chi connectivity index (χ2v) is 5.42. The topological polar surface area (TPSA) is 66.4 Å². The lowest BCUT2D eigenvalue weighted by molar-refractivity contribution is -0.142. The van der Waals surface area contributed by atoms with Gasteiger partial charge in [0.1, 0.15) is 0 Å². The molecule has 1 aliphatic carbocycles.